The zero-order valence-corrected chi connectivity index (χ0v) is 18.5. The van der Waals surface area contributed by atoms with E-state index in [0.29, 0.717) is 39.3 Å². The molecule has 0 atom stereocenters. The zero-order chi connectivity index (χ0) is 19.6. The molecular weight excluding hydrogens is 429 g/mol. The summed E-state index contributed by atoms with van der Waals surface area (Å²) in [5.41, 5.74) is 1.63. The molecule has 0 saturated carbocycles. The Labute approximate surface area is 167 Å². The van der Waals surface area contributed by atoms with Crippen LogP contribution in [0.15, 0.2) is 34.8 Å². The van der Waals surface area contributed by atoms with Gasteiger partial charge in [0, 0.05) is 26.1 Å². The van der Waals surface area contributed by atoms with Gasteiger partial charge in [0.15, 0.2) is 5.82 Å². The first-order valence-electron chi connectivity index (χ1n) is 8.74. The van der Waals surface area contributed by atoms with E-state index < -0.39 is 8.07 Å². The van der Waals surface area contributed by atoms with Crippen molar-refractivity contribution >= 4 is 34.9 Å². The lowest BCUT2D eigenvalue weighted by molar-refractivity contribution is 0.0814. The highest BCUT2D eigenvalue weighted by atomic mass is 79.9. The third-order valence-corrected chi connectivity index (χ3v) is 6.50. The van der Waals surface area contributed by atoms with E-state index in [0.717, 1.165) is 6.04 Å². The molecule has 0 aliphatic rings. The molecule has 3 aromatic rings. The van der Waals surface area contributed by atoms with Crippen molar-refractivity contribution in [3.05, 3.63) is 40.6 Å². The van der Waals surface area contributed by atoms with Crippen LogP contribution in [0.2, 0.25) is 25.7 Å². The molecule has 1 aromatic carbocycles. The van der Waals surface area contributed by atoms with Crippen LogP contribution >= 0.6 is 15.9 Å². The Balaban J connectivity index is 1.99. The number of nitrogens with zero attached hydrogens (tertiary/aromatic N) is 3. The van der Waals surface area contributed by atoms with Gasteiger partial charge < -0.3 is 9.47 Å². The van der Waals surface area contributed by atoms with Gasteiger partial charge in [-0.2, -0.15) is 5.10 Å². The maximum atomic E-state index is 14.8. The molecule has 0 amide bonds. The number of fused-ring (bicyclic) bond motifs is 1. The quantitative estimate of drug-likeness (QED) is 0.360. The van der Waals surface area contributed by atoms with Crippen LogP contribution in [0.4, 0.5) is 4.39 Å². The first-order valence-corrected chi connectivity index (χ1v) is 13.2. The monoisotopic (exact) mass is 451 g/mol. The van der Waals surface area contributed by atoms with Crippen LogP contribution in [-0.2, 0) is 11.5 Å². The number of hydrogen-bond acceptors (Lipinski definition) is 4. The predicted octanol–water partition coefficient (Wildman–Crippen LogP) is 5.32. The number of pyridine rings is 1. The second kappa shape index (κ2) is 8.08. The van der Waals surface area contributed by atoms with Crippen molar-refractivity contribution < 1.29 is 13.9 Å². The average Bonchev–Trinajstić information content (AvgIpc) is 3.00. The van der Waals surface area contributed by atoms with Crippen molar-refractivity contribution in [2.75, 3.05) is 13.7 Å². The lowest BCUT2D eigenvalue weighted by atomic mass is 10.1. The fourth-order valence-corrected chi connectivity index (χ4v) is 3.76. The number of halogens is 2. The van der Waals surface area contributed by atoms with E-state index in [1.54, 1.807) is 23.9 Å². The standard InChI is InChI=1S/C19H23BrFN3O2Si/c1-25-16-7-5-6-15(22-16)18-13-8-9-14(20)17(21)19(13)24(23-18)12-26-10-11-27(2,3)4/h5-9H,10-12H2,1-4H3. The molecule has 0 spiro atoms. The number of benzene rings is 1. The second-order valence-corrected chi connectivity index (χ2v) is 14.0. The van der Waals surface area contributed by atoms with Gasteiger partial charge in [-0.05, 0) is 40.2 Å². The highest BCUT2D eigenvalue weighted by Gasteiger charge is 2.19. The minimum atomic E-state index is -1.19. The van der Waals surface area contributed by atoms with E-state index in [4.69, 9.17) is 9.47 Å². The fraction of sp³-hybridized carbons (Fsp3) is 0.368. The normalized spacial score (nSPS) is 11.9. The number of hydrogen-bond donors (Lipinski definition) is 0. The highest BCUT2D eigenvalue weighted by molar-refractivity contribution is 9.10. The molecule has 8 heteroatoms. The Morgan fingerprint density at radius 2 is 1.96 bits per heavy atom. The summed E-state index contributed by atoms with van der Waals surface area (Å²) in [5, 5.41) is 5.28. The van der Waals surface area contributed by atoms with Crippen molar-refractivity contribution in [2.24, 2.45) is 0 Å². The third-order valence-electron chi connectivity index (χ3n) is 4.19. The largest absolute Gasteiger partial charge is 0.481 e. The molecule has 0 bridgehead atoms. The van der Waals surface area contributed by atoms with Crippen LogP contribution in [0.5, 0.6) is 5.88 Å². The van der Waals surface area contributed by atoms with Crippen LogP contribution in [-0.4, -0.2) is 36.6 Å². The minimum Gasteiger partial charge on any atom is -0.481 e. The van der Waals surface area contributed by atoms with Crippen LogP contribution < -0.4 is 4.74 Å². The van der Waals surface area contributed by atoms with E-state index in [1.165, 1.54) is 0 Å². The van der Waals surface area contributed by atoms with E-state index in [9.17, 15) is 4.39 Å². The van der Waals surface area contributed by atoms with Gasteiger partial charge in [-0.15, -0.1) is 0 Å². The van der Waals surface area contributed by atoms with Gasteiger partial charge in [-0.3, -0.25) is 0 Å². The maximum Gasteiger partial charge on any atom is 0.213 e. The highest BCUT2D eigenvalue weighted by Crippen LogP contribution is 2.32. The van der Waals surface area contributed by atoms with Gasteiger partial charge in [-0.25, -0.2) is 14.1 Å². The molecule has 0 aliphatic carbocycles. The zero-order valence-electron chi connectivity index (χ0n) is 15.9. The molecule has 0 unspecified atom stereocenters. The number of ether oxygens (including phenoxy) is 2. The Morgan fingerprint density at radius 3 is 2.67 bits per heavy atom. The van der Waals surface area contributed by atoms with Crippen molar-refractivity contribution in [2.45, 2.75) is 32.4 Å². The molecule has 0 radical (unpaired) electrons. The molecule has 144 valence electrons. The molecule has 2 heterocycles. The average molecular weight is 452 g/mol. The molecule has 2 aromatic heterocycles. The number of aromatic nitrogens is 3. The van der Waals surface area contributed by atoms with Crippen LogP contribution in [0.1, 0.15) is 0 Å². The Hall–Kier alpha value is -1.77. The summed E-state index contributed by atoms with van der Waals surface area (Å²) in [6.07, 6.45) is 0. The maximum absolute atomic E-state index is 14.8. The summed E-state index contributed by atoms with van der Waals surface area (Å²) < 4.78 is 27.8. The third kappa shape index (κ3) is 4.56. The molecule has 5 nitrogen and oxygen atoms in total. The lowest BCUT2D eigenvalue weighted by Crippen LogP contribution is -2.22. The second-order valence-electron chi connectivity index (χ2n) is 7.52. The Bertz CT molecular complexity index is 956. The number of rotatable bonds is 7. The van der Waals surface area contributed by atoms with Crippen molar-refractivity contribution in [3.63, 3.8) is 0 Å². The minimum absolute atomic E-state index is 0.193. The van der Waals surface area contributed by atoms with Gasteiger partial charge in [0.1, 0.15) is 17.9 Å². The first kappa shape index (κ1) is 20.0. The molecule has 0 saturated heterocycles. The molecule has 0 aliphatic heterocycles. The van der Waals surface area contributed by atoms with Crippen molar-refractivity contribution in [3.8, 4) is 17.3 Å². The molecule has 3 rings (SSSR count). The van der Waals surface area contributed by atoms with E-state index in [1.807, 2.05) is 18.2 Å². The van der Waals surface area contributed by atoms with Crippen LogP contribution in [0.3, 0.4) is 0 Å². The van der Waals surface area contributed by atoms with Crippen LogP contribution in [0.25, 0.3) is 22.3 Å². The summed E-state index contributed by atoms with van der Waals surface area (Å²) in [6, 6.07) is 10.00. The van der Waals surface area contributed by atoms with E-state index in [-0.39, 0.29) is 12.5 Å². The Morgan fingerprint density at radius 1 is 1.19 bits per heavy atom. The Kier molecular flexibility index (Phi) is 5.98. The summed E-state index contributed by atoms with van der Waals surface area (Å²) >= 11 is 3.26. The summed E-state index contributed by atoms with van der Waals surface area (Å²) in [6.45, 7) is 7.72. The first-order chi connectivity index (χ1) is 12.8. The molecule has 0 N–H and O–H groups in total. The lowest BCUT2D eigenvalue weighted by Gasteiger charge is -2.15. The van der Waals surface area contributed by atoms with Gasteiger partial charge in [0.25, 0.3) is 0 Å². The van der Waals surface area contributed by atoms with Gasteiger partial charge >= 0.3 is 0 Å². The topological polar surface area (TPSA) is 49.2 Å². The molecule has 0 fully saturated rings. The summed E-state index contributed by atoms with van der Waals surface area (Å²) in [5.74, 6) is 0.127. The molecule has 27 heavy (non-hydrogen) atoms. The summed E-state index contributed by atoms with van der Waals surface area (Å²) in [7, 11) is 0.374. The van der Waals surface area contributed by atoms with Crippen molar-refractivity contribution in [1.29, 1.82) is 0 Å². The number of methoxy groups -OCH3 is 1. The predicted molar refractivity (Wildman–Crippen MR) is 111 cm³/mol. The van der Waals surface area contributed by atoms with Gasteiger partial charge in [-0.1, -0.05) is 25.7 Å². The van der Waals surface area contributed by atoms with Gasteiger partial charge in [0.2, 0.25) is 5.88 Å². The fourth-order valence-electron chi connectivity index (χ4n) is 2.68. The smallest absolute Gasteiger partial charge is 0.213 e. The van der Waals surface area contributed by atoms with E-state index in [2.05, 4.69) is 45.7 Å². The van der Waals surface area contributed by atoms with Crippen molar-refractivity contribution in [1.82, 2.24) is 14.8 Å². The summed E-state index contributed by atoms with van der Waals surface area (Å²) in [4.78, 5) is 4.44. The SMILES string of the molecule is COc1cccc(-c2nn(COCC[Si](C)(C)C)c3c(F)c(Br)ccc23)n1. The van der Waals surface area contributed by atoms with Gasteiger partial charge in [0.05, 0.1) is 17.3 Å². The molecular formula is C19H23BrFN3O2Si. The van der Waals surface area contributed by atoms with Crippen LogP contribution in [0, 0.1) is 5.82 Å². The van der Waals surface area contributed by atoms with E-state index >= 15 is 0 Å².